The molecular weight excluding hydrogens is 304 g/mol. The number of ether oxygens (including phenoxy) is 1. The number of thiocarbonyl (C=S) groups is 1. The third-order valence-electron chi connectivity index (χ3n) is 3.01. The average molecular weight is 321 g/mol. The number of methoxy groups -OCH3 is 1. The zero-order valence-corrected chi connectivity index (χ0v) is 13.3. The van der Waals surface area contributed by atoms with Crippen LogP contribution in [0.3, 0.4) is 0 Å². The lowest BCUT2D eigenvalue weighted by Crippen LogP contribution is -2.34. The van der Waals surface area contributed by atoms with Gasteiger partial charge in [0.15, 0.2) is 5.11 Å². The zero-order chi connectivity index (χ0) is 15.1. The van der Waals surface area contributed by atoms with Crippen molar-refractivity contribution in [3.05, 3.63) is 64.7 Å². The fourth-order valence-corrected chi connectivity index (χ4v) is 2.15. The van der Waals surface area contributed by atoms with Crippen molar-refractivity contribution in [1.29, 1.82) is 0 Å². The molecule has 0 saturated carbocycles. The molecule has 0 bridgehead atoms. The van der Waals surface area contributed by atoms with E-state index in [1.807, 2.05) is 48.5 Å². The van der Waals surface area contributed by atoms with Crippen molar-refractivity contribution in [2.75, 3.05) is 7.11 Å². The van der Waals surface area contributed by atoms with E-state index >= 15 is 0 Å². The van der Waals surface area contributed by atoms with E-state index in [4.69, 9.17) is 28.6 Å². The molecule has 0 aliphatic rings. The lowest BCUT2D eigenvalue weighted by molar-refractivity contribution is 0.414. The molecule has 2 aromatic carbocycles. The minimum absolute atomic E-state index is 0.603. The first-order chi connectivity index (χ1) is 10.2. The molecule has 110 valence electrons. The second-order valence-corrected chi connectivity index (χ2v) is 5.29. The highest BCUT2D eigenvalue weighted by Gasteiger charge is 2.01. The largest absolute Gasteiger partial charge is 0.497 e. The SMILES string of the molecule is COc1ccc(CNC(=S)NCc2ccccc2Cl)cc1. The van der Waals surface area contributed by atoms with Crippen LogP contribution in [0, 0.1) is 0 Å². The van der Waals surface area contributed by atoms with Crippen molar-refractivity contribution in [3.63, 3.8) is 0 Å². The van der Waals surface area contributed by atoms with Gasteiger partial charge in [-0.1, -0.05) is 41.9 Å². The Bertz CT molecular complexity index is 601. The third-order valence-corrected chi connectivity index (χ3v) is 3.67. The summed E-state index contributed by atoms with van der Waals surface area (Å²) >= 11 is 11.3. The van der Waals surface area contributed by atoms with Crippen LogP contribution in [0.1, 0.15) is 11.1 Å². The van der Waals surface area contributed by atoms with Crippen molar-refractivity contribution < 1.29 is 4.74 Å². The number of nitrogens with one attached hydrogen (secondary N) is 2. The van der Waals surface area contributed by atoms with E-state index in [1.165, 1.54) is 0 Å². The summed E-state index contributed by atoms with van der Waals surface area (Å²) in [5.41, 5.74) is 2.16. The molecule has 0 aliphatic carbocycles. The summed E-state index contributed by atoms with van der Waals surface area (Å²) in [6.07, 6.45) is 0. The van der Waals surface area contributed by atoms with Gasteiger partial charge >= 0.3 is 0 Å². The van der Waals surface area contributed by atoms with E-state index in [2.05, 4.69) is 10.6 Å². The molecule has 0 fully saturated rings. The summed E-state index contributed by atoms with van der Waals surface area (Å²) in [5, 5.41) is 7.65. The molecule has 0 saturated heterocycles. The van der Waals surface area contributed by atoms with Gasteiger partial charge in [-0.2, -0.15) is 0 Å². The minimum Gasteiger partial charge on any atom is -0.497 e. The molecule has 0 unspecified atom stereocenters. The molecule has 0 amide bonds. The second kappa shape index (κ2) is 7.86. The molecule has 21 heavy (non-hydrogen) atoms. The van der Waals surface area contributed by atoms with Crippen LogP contribution < -0.4 is 15.4 Å². The lowest BCUT2D eigenvalue weighted by Gasteiger charge is -2.11. The number of hydrogen-bond acceptors (Lipinski definition) is 2. The van der Waals surface area contributed by atoms with E-state index in [0.29, 0.717) is 18.2 Å². The maximum atomic E-state index is 6.09. The Hall–Kier alpha value is -1.78. The number of benzene rings is 2. The van der Waals surface area contributed by atoms with Gasteiger partial charge in [-0.05, 0) is 41.5 Å². The standard InChI is InChI=1S/C16H17ClN2OS/c1-20-14-8-6-12(7-9-14)10-18-16(21)19-11-13-4-2-3-5-15(13)17/h2-9H,10-11H2,1H3,(H2,18,19,21). The Morgan fingerprint density at radius 1 is 1.05 bits per heavy atom. The van der Waals surface area contributed by atoms with Crippen LogP contribution in [-0.2, 0) is 13.1 Å². The molecule has 0 aliphatic heterocycles. The van der Waals surface area contributed by atoms with Crippen LogP contribution in [0.25, 0.3) is 0 Å². The molecule has 0 aromatic heterocycles. The van der Waals surface area contributed by atoms with Crippen molar-refractivity contribution in [1.82, 2.24) is 10.6 Å². The van der Waals surface area contributed by atoms with Gasteiger partial charge < -0.3 is 15.4 Å². The maximum absolute atomic E-state index is 6.09. The van der Waals surface area contributed by atoms with Gasteiger partial charge in [0.1, 0.15) is 5.75 Å². The Kier molecular flexibility index (Phi) is 5.84. The monoisotopic (exact) mass is 320 g/mol. The van der Waals surface area contributed by atoms with Crippen molar-refractivity contribution in [2.45, 2.75) is 13.1 Å². The van der Waals surface area contributed by atoms with Crippen LogP contribution in [-0.4, -0.2) is 12.2 Å². The number of hydrogen-bond donors (Lipinski definition) is 2. The van der Waals surface area contributed by atoms with Gasteiger partial charge in [-0.3, -0.25) is 0 Å². The van der Waals surface area contributed by atoms with Crippen molar-refractivity contribution in [2.24, 2.45) is 0 Å². The topological polar surface area (TPSA) is 33.3 Å². The average Bonchev–Trinajstić information content (AvgIpc) is 2.52. The summed E-state index contributed by atoms with van der Waals surface area (Å²) in [4.78, 5) is 0. The van der Waals surface area contributed by atoms with Gasteiger partial charge in [0.05, 0.1) is 7.11 Å². The fourth-order valence-electron chi connectivity index (χ4n) is 1.81. The molecule has 3 nitrogen and oxygen atoms in total. The first-order valence-electron chi connectivity index (χ1n) is 6.57. The van der Waals surface area contributed by atoms with Gasteiger partial charge in [-0.15, -0.1) is 0 Å². The molecule has 2 N–H and O–H groups in total. The van der Waals surface area contributed by atoms with Crippen LogP contribution in [0.15, 0.2) is 48.5 Å². The van der Waals surface area contributed by atoms with Crippen LogP contribution in [0.2, 0.25) is 5.02 Å². The number of halogens is 1. The molecule has 2 rings (SSSR count). The van der Waals surface area contributed by atoms with Crippen LogP contribution in [0.4, 0.5) is 0 Å². The zero-order valence-electron chi connectivity index (χ0n) is 11.7. The molecular formula is C16H17ClN2OS. The predicted molar refractivity (Wildman–Crippen MR) is 90.7 cm³/mol. The molecule has 5 heteroatoms. The Morgan fingerprint density at radius 2 is 1.71 bits per heavy atom. The summed E-state index contributed by atoms with van der Waals surface area (Å²) in [6.45, 7) is 1.27. The van der Waals surface area contributed by atoms with E-state index in [-0.39, 0.29) is 0 Å². The Balaban J connectivity index is 1.78. The highest BCUT2D eigenvalue weighted by Crippen LogP contribution is 2.14. The summed E-state index contributed by atoms with van der Waals surface area (Å²) in [6, 6.07) is 15.6. The molecule has 0 atom stereocenters. The maximum Gasteiger partial charge on any atom is 0.166 e. The smallest absolute Gasteiger partial charge is 0.166 e. The van der Waals surface area contributed by atoms with Crippen LogP contribution >= 0.6 is 23.8 Å². The summed E-state index contributed by atoms with van der Waals surface area (Å²) in [5.74, 6) is 0.846. The quantitative estimate of drug-likeness (QED) is 0.826. The molecule has 2 aromatic rings. The second-order valence-electron chi connectivity index (χ2n) is 4.48. The number of rotatable bonds is 5. The first kappa shape index (κ1) is 15.6. The molecule has 0 spiro atoms. The molecule has 0 heterocycles. The predicted octanol–water partition coefficient (Wildman–Crippen LogP) is 3.51. The van der Waals surface area contributed by atoms with Gasteiger partial charge in [0.2, 0.25) is 0 Å². The van der Waals surface area contributed by atoms with E-state index in [1.54, 1.807) is 7.11 Å². The summed E-state index contributed by atoms with van der Waals surface area (Å²) < 4.78 is 5.12. The summed E-state index contributed by atoms with van der Waals surface area (Å²) in [7, 11) is 1.65. The van der Waals surface area contributed by atoms with Gasteiger partial charge in [-0.25, -0.2) is 0 Å². The van der Waals surface area contributed by atoms with E-state index in [0.717, 1.165) is 21.9 Å². The van der Waals surface area contributed by atoms with E-state index < -0.39 is 0 Å². The lowest BCUT2D eigenvalue weighted by atomic mass is 10.2. The highest BCUT2D eigenvalue weighted by molar-refractivity contribution is 7.80. The van der Waals surface area contributed by atoms with E-state index in [9.17, 15) is 0 Å². The first-order valence-corrected chi connectivity index (χ1v) is 7.35. The van der Waals surface area contributed by atoms with Crippen LogP contribution in [0.5, 0.6) is 5.75 Å². The third kappa shape index (κ3) is 4.92. The highest BCUT2D eigenvalue weighted by atomic mass is 35.5. The van der Waals surface area contributed by atoms with Gasteiger partial charge in [0.25, 0.3) is 0 Å². The normalized spacial score (nSPS) is 10.0. The Labute approximate surface area is 135 Å². The van der Waals surface area contributed by atoms with Crippen molar-refractivity contribution >= 4 is 28.9 Å². The fraction of sp³-hybridized carbons (Fsp3) is 0.188. The van der Waals surface area contributed by atoms with Gasteiger partial charge in [0, 0.05) is 18.1 Å². The minimum atomic E-state index is 0.603. The Morgan fingerprint density at radius 3 is 2.38 bits per heavy atom. The molecule has 0 radical (unpaired) electrons. The van der Waals surface area contributed by atoms with Crippen molar-refractivity contribution in [3.8, 4) is 5.75 Å².